The summed E-state index contributed by atoms with van der Waals surface area (Å²) in [5.41, 5.74) is 0.887. The summed E-state index contributed by atoms with van der Waals surface area (Å²) >= 11 is 0. The Hall–Kier alpha value is -1.11. The normalized spacial score (nSPS) is 16.6. The SMILES string of the molecule is COc1ccc(C)cc1S(=O)(=O)NC1CNC1. The first-order chi connectivity index (χ1) is 8.03. The second-order valence-corrected chi connectivity index (χ2v) is 5.81. The van der Waals surface area contributed by atoms with Gasteiger partial charge in [0, 0.05) is 19.1 Å². The highest BCUT2D eigenvalue weighted by Gasteiger charge is 2.26. The minimum absolute atomic E-state index is 0.0229. The molecule has 6 heteroatoms. The largest absolute Gasteiger partial charge is 0.495 e. The van der Waals surface area contributed by atoms with Gasteiger partial charge >= 0.3 is 0 Å². The third-order valence-corrected chi connectivity index (χ3v) is 4.25. The van der Waals surface area contributed by atoms with Gasteiger partial charge in [-0.1, -0.05) is 6.07 Å². The second kappa shape index (κ2) is 4.64. The fraction of sp³-hybridized carbons (Fsp3) is 0.455. The molecule has 2 N–H and O–H groups in total. The molecule has 0 unspecified atom stereocenters. The summed E-state index contributed by atoms with van der Waals surface area (Å²) < 4.78 is 32.0. The maximum Gasteiger partial charge on any atom is 0.244 e. The van der Waals surface area contributed by atoms with Crippen LogP contribution in [0.2, 0.25) is 0 Å². The van der Waals surface area contributed by atoms with Crippen molar-refractivity contribution in [3.05, 3.63) is 23.8 Å². The Kier molecular flexibility index (Phi) is 3.37. The van der Waals surface area contributed by atoms with Gasteiger partial charge in [0.2, 0.25) is 10.0 Å². The number of hydrogen-bond donors (Lipinski definition) is 2. The Morgan fingerprint density at radius 1 is 1.41 bits per heavy atom. The summed E-state index contributed by atoms with van der Waals surface area (Å²) in [6.45, 7) is 3.20. The molecule has 94 valence electrons. The topological polar surface area (TPSA) is 67.4 Å². The van der Waals surface area contributed by atoms with E-state index < -0.39 is 10.0 Å². The zero-order valence-corrected chi connectivity index (χ0v) is 10.7. The lowest BCUT2D eigenvalue weighted by Gasteiger charge is -2.27. The standard InChI is InChI=1S/C11H16N2O3S/c1-8-3-4-10(16-2)11(5-8)17(14,15)13-9-6-12-7-9/h3-5,9,12-13H,6-7H2,1-2H3. The lowest BCUT2D eigenvalue weighted by molar-refractivity contribution is 0.395. The maximum atomic E-state index is 12.1. The van der Waals surface area contributed by atoms with E-state index in [1.165, 1.54) is 7.11 Å². The van der Waals surface area contributed by atoms with Crippen LogP contribution in [0.4, 0.5) is 0 Å². The molecule has 1 aliphatic heterocycles. The average molecular weight is 256 g/mol. The Balaban J connectivity index is 2.33. The van der Waals surface area contributed by atoms with Gasteiger partial charge in [0.1, 0.15) is 10.6 Å². The second-order valence-electron chi connectivity index (χ2n) is 4.13. The molecular weight excluding hydrogens is 240 g/mol. The highest BCUT2D eigenvalue weighted by Crippen LogP contribution is 2.24. The van der Waals surface area contributed by atoms with Gasteiger partial charge in [-0.3, -0.25) is 0 Å². The van der Waals surface area contributed by atoms with Crippen molar-refractivity contribution in [1.29, 1.82) is 0 Å². The number of sulfonamides is 1. The molecule has 0 spiro atoms. The zero-order chi connectivity index (χ0) is 12.5. The summed E-state index contributed by atoms with van der Waals surface area (Å²) in [5, 5.41) is 3.02. The fourth-order valence-corrected chi connectivity index (χ4v) is 3.14. The van der Waals surface area contributed by atoms with Crippen LogP contribution in [0.1, 0.15) is 5.56 Å². The lowest BCUT2D eigenvalue weighted by Crippen LogP contribution is -2.56. The van der Waals surface area contributed by atoms with E-state index in [4.69, 9.17) is 4.74 Å². The lowest BCUT2D eigenvalue weighted by atomic mass is 10.2. The van der Waals surface area contributed by atoms with Crippen LogP contribution in [0, 0.1) is 6.92 Å². The molecule has 1 fully saturated rings. The number of ether oxygens (including phenoxy) is 1. The number of aryl methyl sites for hydroxylation is 1. The van der Waals surface area contributed by atoms with Crippen molar-refractivity contribution in [3.8, 4) is 5.75 Å². The quantitative estimate of drug-likeness (QED) is 0.810. The van der Waals surface area contributed by atoms with E-state index in [2.05, 4.69) is 10.0 Å². The van der Waals surface area contributed by atoms with Gasteiger partial charge in [-0.25, -0.2) is 13.1 Å². The molecule has 0 saturated carbocycles. The van der Waals surface area contributed by atoms with E-state index in [0.29, 0.717) is 18.8 Å². The monoisotopic (exact) mass is 256 g/mol. The van der Waals surface area contributed by atoms with Gasteiger partial charge in [-0.15, -0.1) is 0 Å². The number of hydrogen-bond acceptors (Lipinski definition) is 4. The third kappa shape index (κ3) is 2.59. The predicted molar refractivity (Wildman–Crippen MR) is 64.7 cm³/mol. The van der Waals surface area contributed by atoms with Gasteiger partial charge in [-0.05, 0) is 24.6 Å². The minimum Gasteiger partial charge on any atom is -0.495 e. The van der Waals surface area contributed by atoms with E-state index in [9.17, 15) is 8.42 Å². The van der Waals surface area contributed by atoms with Crippen molar-refractivity contribution < 1.29 is 13.2 Å². The van der Waals surface area contributed by atoms with Gasteiger partial charge in [-0.2, -0.15) is 0 Å². The number of benzene rings is 1. The van der Waals surface area contributed by atoms with Crippen LogP contribution in [-0.4, -0.2) is 34.7 Å². The van der Waals surface area contributed by atoms with E-state index in [1.54, 1.807) is 12.1 Å². The Labute approximate surface area is 101 Å². The van der Waals surface area contributed by atoms with Gasteiger partial charge in [0.15, 0.2) is 0 Å². The molecule has 1 heterocycles. The average Bonchev–Trinajstić information content (AvgIpc) is 2.24. The summed E-state index contributed by atoms with van der Waals surface area (Å²) in [7, 11) is -2.03. The molecule has 0 amide bonds. The fourth-order valence-electron chi connectivity index (χ4n) is 1.65. The van der Waals surface area contributed by atoms with Crippen molar-refractivity contribution in [2.24, 2.45) is 0 Å². The Bertz CT molecular complexity index is 509. The Morgan fingerprint density at radius 2 is 2.12 bits per heavy atom. The van der Waals surface area contributed by atoms with E-state index >= 15 is 0 Å². The first kappa shape index (κ1) is 12.3. The van der Waals surface area contributed by atoms with Crippen molar-refractivity contribution in [1.82, 2.24) is 10.0 Å². The van der Waals surface area contributed by atoms with Crippen molar-refractivity contribution in [2.75, 3.05) is 20.2 Å². The molecule has 1 aliphatic rings. The predicted octanol–water partition coefficient (Wildman–Crippen LogP) is 0.254. The molecule has 1 saturated heterocycles. The minimum atomic E-state index is -3.50. The molecule has 0 atom stereocenters. The summed E-state index contributed by atoms with van der Waals surface area (Å²) in [6.07, 6.45) is 0. The third-order valence-electron chi connectivity index (χ3n) is 2.71. The van der Waals surface area contributed by atoms with Crippen molar-refractivity contribution in [2.45, 2.75) is 17.9 Å². The molecule has 17 heavy (non-hydrogen) atoms. The highest BCUT2D eigenvalue weighted by molar-refractivity contribution is 7.89. The van der Waals surface area contributed by atoms with Gasteiger partial charge in [0.25, 0.3) is 0 Å². The van der Waals surface area contributed by atoms with Crippen molar-refractivity contribution in [3.63, 3.8) is 0 Å². The zero-order valence-electron chi connectivity index (χ0n) is 9.86. The Morgan fingerprint density at radius 3 is 2.65 bits per heavy atom. The van der Waals surface area contributed by atoms with Crippen LogP contribution in [0.15, 0.2) is 23.1 Å². The molecule has 1 aromatic rings. The number of rotatable bonds is 4. The van der Waals surface area contributed by atoms with Crippen LogP contribution in [0.3, 0.4) is 0 Å². The summed E-state index contributed by atoms with van der Waals surface area (Å²) in [6, 6.07) is 5.09. The number of nitrogens with one attached hydrogen (secondary N) is 2. The molecule has 0 bridgehead atoms. The molecule has 0 aliphatic carbocycles. The van der Waals surface area contributed by atoms with Gasteiger partial charge < -0.3 is 10.1 Å². The first-order valence-electron chi connectivity index (χ1n) is 5.40. The summed E-state index contributed by atoms with van der Waals surface area (Å²) in [5.74, 6) is 0.371. The number of methoxy groups -OCH3 is 1. The van der Waals surface area contributed by atoms with E-state index in [1.807, 2.05) is 13.0 Å². The summed E-state index contributed by atoms with van der Waals surface area (Å²) in [4.78, 5) is 0.201. The van der Waals surface area contributed by atoms with E-state index in [-0.39, 0.29) is 10.9 Å². The molecule has 5 nitrogen and oxygen atoms in total. The first-order valence-corrected chi connectivity index (χ1v) is 6.89. The molecule has 1 aromatic carbocycles. The van der Waals surface area contributed by atoms with Crippen LogP contribution in [-0.2, 0) is 10.0 Å². The molecule has 0 radical (unpaired) electrons. The van der Waals surface area contributed by atoms with E-state index in [0.717, 1.165) is 5.56 Å². The van der Waals surface area contributed by atoms with Crippen molar-refractivity contribution >= 4 is 10.0 Å². The van der Waals surface area contributed by atoms with Crippen LogP contribution >= 0.6 is 0 Å². The maximum absolute atomic E-state index is 12.1. The highest BCUT2D eigenvalue weighted by atomic mass is 32.2. The molecule has 2 rings (SSSR count). The van der Waals surface area contributed by atoms with Crippen LogP contribution in [0.25, 0.3) is 0 Å². The smallest absolute Gasteiger partial charge is 0.244 e. The van der Waals surface area contributed by atoms with Crippen LogP contribution < -0.4 is 14.8 Å². The van der Waals surface area contributed by atoms with Crippen LogP contribution in [0.5, 0.6) is 5.75 Å². The molecule has 0 aromatic heterocycles. The van der Waals surface area contributed by atoms with Gasteiger partial charge in [0.05, 0.1) is 7.11 Å². The molecular formula is C11H16N2O3S.